The molecule has 1 heterocycles. The van der Waals surface area contributed by atoms with Crippen molar-refractivity contribution in [2.45, 2.75) is 19.9 Å². The molecule has 1 aromatic heterocycles. The minimum absolute atomic E-state index is 0.180. The van der Waals surface area contributed by atoms with Gasteiger partial charge >= 0.3 is 0 Å². The molecule has 2 aromatic rings. The molecule has 2 rings (SSSR count). The fourth-order valence-corrected chi connectivity index (χ4v) is 1.93. The minimum atomic E-state index is 0.180. The Morgan fingerprint density at radius 1 is 1.16 bits per heavy atom. The highest BCUT2D eigenvalue weighted by Crippen LogP contribution is 2.16. The maximum atomic E-state index is 11.6. The Kier molecular flexibility index (Phi) is 4.29. The summed E-state index contributed by atoms with van der Waals surface area (Å²) in [6.45, 7) is 2.63. The van der Waals surface area contributed by atoms with Crippen LogP contribution in [0.25, 0.3) is 0 Å². The van der Waals surface area contributed by atoms with Gasteiger partial charge in [0.05, 0.1) is 12.2 Å². The number of Topliss-reactive ketones (excluding diaryl/α,β-unsaturated/α-hetero) is 1. The van der Waals surface area contributed by atoms with Gasteiger partial charge in [-0.1, -0.05) is 13.0 Å². The van der Waals surface area contributed by atoms with E-state index in [-0.39, 0.29) is 5.78 Å². The predicted molar refractivity (Wildman–Crippen MR) is 77.4 cm³/mol. The minimum Gasteiger partial charge on any atom is -0.369 e. The van der Waals surface area contributed by atoms with Crippen LogP contribution in [0.5, 0.6) is 0 Å². The number of aromatic nitrogens is 1. The number of carbonyl (C=O) groups is 1. The van der Waals surface area contributed by atoms with Crippen LogP contribution in [0.1, 0.15) is 29.4 Å². The van der Waals surface area contributed by atoms with Crippen molar-refractivity contribution in [3.63, 3.8) is 0 Å². The molecular formula is C16H18N2O. The summed E-state index contributed by atoms with van der Waals surface area (Å²) >= 11 is 0. The van der Waals surface area contributed by atoms with Gasteiger partial charge in [0.1, 0.15) is 0 Å². The lowest BCUT2D eigenvalue weighted by atomic mass is 10.1. The number of benzene rings is 1. The molecular weight excluding hydrogens is 236 g/mol. The van der Waals surface area contributed by atoms with Crippen LogP contribution in [0.2, 0.25) is 0 Å². The summed E-state index contributed by atoms with van der Waals surface area (Å²) < 4.78 is 0. The molecule has 0 aliphatic rings. The van der Waals surface area contributed by atoms with Crippen molar-refractivity contribution in [2.24, 2.45) is 0 Å². The number of ketones is 1. The Morgan fingerprint density at radius 3 is 2.47 bits per heavy atom. The molecule has 0 bridgehead atoms. The fraction of sp³-hybridized carbons (Fsp3) is 0.250. The first-order valence-electron chi connectivity index (χ1n) is 6.45. The van der Waals surface area contributed by atoms with Crippen LogP contribution < -0.4 is 4.90 Å². The topological polar surface area (TPSA) is 33.2 Å². The van der Waals surface area contributed by atoms with Crippen LogP contribution in [0.3, 0.4) is 0 Å². The number of carbonyl (C=O) groups excluding carboxylic acids is 1. The zero-order chi connectivity index (χ0) is 13.7. The van der Waals surface area contributed by atoms with E-state index < -0.39 is 0 Å². The van der Waals surface area contributed by atoms with Crippen LogP contribution in [0.4, 0.5) is 5.69 Å². The maximum absolute atomic E-state index is 11.6. The molecule has 0 spiro atoms. The molecule has 3 nitrogen and oxygen atoms in total. The molecule has 98 valence electrons. The van der Waals surface area contributed by atoms with Crippen molar-refractivity contribution in [2.75, 3.05) is 11.9 Å². The number of pyridine rings is 1. The Bertz CT molecular complexity index is 534. The highest BCUT2D eigenvalue weighted by molar-refractivity contribution is 5.96. The molecule has 0 saturated carbocycles. The largest absolute Gasteiger partial charge is 0.369 e. The van der Waals surface area contributed by atoms with Gasteiger partial charge in [0.15, 0.2) is 5.78 Å². The van der Waals surface area contributed by atoms with E-state index in [1.165, 1.54) is 0 Å². The van der Waals surface area contributed by atoms with Gasteiger partial charge in [0.2, 0.25) is 0 Å². The van der Waals surface area contributed by atoms with E-state index in [1.807, 2.05) is 56.4 Å². The number of hydrogen-bond donors (Lipinski definition) is 0. The van der Waals surface area contributed by atoms with Crippen molar-refractivity contribution < 1.29 is 4.79 Å². The zero-order valence-corrected chi connectivity index (χ0v) is 11.3. The first kappa shape index (κ1) is 13.3. The van der Waals surface area contributed by atoms with Gasteiger partial charge < -0.3 is 4.90 Å². The lowest BCUT2D eigenvalue weighted by molar-refractivity contribution is 0.0988. The normalized spacial score (nSPS) is 10.2. The molecule has 0 atom stereocenters. The molecule has 0 aliphatic heterocycles. The lowest BCUT2D eigenvalue weighted by Gasteiger charge is -2.19. The number of anilines is 1. The quantitative estimate of drug-likeness (QED) is 0.767. The van der Waals surface area contributed by atoms with Gasteiger partial charge in [-0.05, 0) is 36.4 Å². The number of hydrogen-bond acceptors (Lipinski definition) is 3. The third kappa shape index (κ3) is 3.41. The summed E-state index contributed by atoms with van der Waals surface area (Å²) in [5.74, 6) is 0.180. The SMILES string of the molecule is CCC(=O)c1ccc(N(C)Cc2ccccn2)cc1. The highest BCUT2D eigenvalue weighted by atomic mass is 16.1. The van der Waals surface area contributed by atoms with E-state index in [4.69, 9.17) is 0 Å². The Labute approximate surface area is 113 Å². The van der Waals surface area contributed by atoms with Crippen LogP contribution in [-0.2, 0) is 6.54 Å². The number of rotatable bonds is 5. The van der Waals surface area contributed by atoms with Crippen molar-refractivity contribution in [3.8, 4) is 0 Å². The van der Waals surface area contributed by atoms with Gasteiger partial charge in [-0.15, -0.1) is 0 Å². The summed E-state index contributed by atoms with van der Waals surface area (Å²) in [5.41, 5.74) is 2.88. The van der Waals surface area contributed by atoms with Gasteiger partial charge in [0, 0.05) is 30.9 Å². The van der Waals surface area contributed by atoms with Gasteiger partial charge in [-0.2, -0.15) is 0 Å². The second-order valence-corrected chi connectivity index (χ2v) is 4.50. The molecule has 0 saturated heterocycles. The Morgan fingerprint density at radius 2 is 1.89 bits per heavy atom. The standard InChI is InChI=1S/C16H18N2O/c1-3-16(19)13-7-9-15(10-8-13)18(2)12-14-6-4-5-11-17-14/h4-11H,3,12H2,1-2H3. The van der Waals surface area contributed by atoms with Crippen molar-refractivity contribution in [1.82, 2.24) is 4.98 Å². The summed E-state index contributed by atoms with van der Waals surface area (Å²) in [4.78, 5) is 18.0. The second-order valence-electron chi connectivity index (χ2n) is 4.50. The summed E-state index contributed by atoms with van der Waals surface area (Å²) in [7, 11) is 2.02. The van der Waals surface area contributed by atoms with E-state index in [2.05, 4.69) is 9.88 Å². The number of nitrogens with zero attached hydrogens (tertiary/aromatic N) is 2. The van der Waals surface area contributed by atoms with E-state index >= 15 is 0 Å². The zero-order valence-electron chi connectivity index (χ0n) is 11.3. The summed E-state index contributed by atoms with van der Waals surface area (Å²) in [6, 6.07) is 13.6. The monoisotopic (exact) mass is 254 g/mol. The molecule has 0 amide bonds. The smallest absolute Gasteiger partial charge is 0.162 e. The van der Waals surface area contributed by atoms with E-state index in [0.717, 1.165) is 23.5 Å². The first-order chi connectivity index (χ1) is 9.20. The first-order valence-corrected chi connectivity index (χ1v) is 6.45. The molecule has 19 heavy (non-hydrogen) atoms. The van der Waals surface area contributed by atoms with Crippen LogP contribution in [-0.4, -0.2) is 17.8 Å². The molecule has 0 N–H and O–H groups in total. The van der Waals surface area contributed by atoms with Gasteiger partial charge in [-0.25, -0.2) is 0 Å². The molecule has 1 aromatic carbocycles. The fourth-order valence-electron chi connectivity index (χ4n) is 1.93. The van der Waals surface area contributed by atoms with Crippen LogP contribution in [0, 0.1) is 0 Å². The maximum Gasteiger partial charge on any atom is 0.162 e. The second kappa shape index (κ2) is 6.14. The third-order valence-electron chi connectivity index (χ3n) is 3.08. The predicted octanol–water partition coefficient (Wildman–Crippen LogP) is 3.31. The lowest BCUT2D eigenvalue weighted by Crippen LogP contribution is -2.17. The van der Waals surface area contributed by atoms with E-state index in [1.54, 1.807) is 6.20 Å². The Hall–Kier alpha value is -2.16. The van der Waals surface area contributed by atoms with Gasteiger partial charge in [0.25, 0.3) is 0 Å². The summed E-state index contributed by atoms with van der Waals surface area (Å²) in [6.07, 6.45) is 2.34. The molecule has 0 fully saturated rings. The molecule has 0 radical (unpaired) electrons. The Balaban J connectivity index is 2.07. The average Bonchev–Trinajstić information content (AvgIpc) is 2.47. The van der Waals surface area contributed by atoms with Crippen LogP contribution in [0.15, 0.2) is 48.7 Å². The molecule has 0 unspecified atom stereocenters. The highest BCUT2D eigenvalue weighted by Gasteiger charge is 2.05. The van der Waals surface area contributed by atoms with E-state index in [0.29, 0.717) is 6.42 Å². The van der Waals surface area contributed by atoms with Crippen molar-refractivity contribution in [1.29, 1.82) is 0 Å². The van der Waals surface area contributed by atoms with Crippen molar-refractivity contribution >= 4 is 11.5 Å². The average molecular weight is 254 g/mol. The van der Waals surface area contributed by atoms with Crippen LogP contribution >= 0.6 is 0 Å². The van der Waals surface area contributed by atoms with Gasteiger partial charge in [-0.3, -0.25) is 9.78 Å². The third-order valence-corrected chi connectivity index (χ3v) is 3.08. The molecule has 3 heteroatoms. The molecule has 0 aliphatic carbocycles. The van der Waals surface area contributed by atoms with E-state index in [9.17, 15) is 4.79 Å². The summed E-state index contributed by atoms with van der Waals surface area (Å²) in [5, 5.41) is 0. The van der Waals surface area contributed by atoms with Crippen molar-refractivity contribution in [3.05, 3.63) is 59.9 Å².